The second-order valence-electron chi connectivity index (χ2n) is 3.46. The van der Waals surface area contributed by atoms with Gasteiger partial charge in [-0.15, -0.1) is 0 Å². The fourth-order valence-electron chi connectivity index (χ4n) is 1.29. The molecule has 0 aliphatic heterocycles. The summed E-state index contributed by atoms with van der Waals surface area (Å²) >= 11 is 0. The standard InChI is InChI=1S/C13H15NO2/c1-2-9-16-12-6-3-5-11(10-12)13(15)7-4-8-14/h3,5-6,10H,2,4,7,9H2,1H3. The molecular formula is C13H15NO2. The molecule has 0 atom stereocenters. The van der Waals surface area contributed by atoms with E-state index < -0.39 is 0 Å². The molecule has 0 spiro atoms. The van der Waals surface area contributed by atoms with Gasteiger partial charge in [-0.25, -0.2) is 0 Å². The number of Topliss-reactive ketones (excluding diaryl/α,β-unsaturated/α-hetero) is 1. The molecule has 0 N–H and O–H groups in total. The van der Waals surface area contributed by atoms with Gasteiger partial charge in [0.15, 0.2) is 5.78 Å². The molecule has 1 aromatic rings. The molecule has 0 saturated heterocycles. The maximum absolute atomic E-state index is 11.6. The Balaban J connectivity index is 2.66. The normalized spacial score (nSPS) is 9.50. The van der Waals surface area contributed by atoms with Gasteiger partial charge in [0.05, 0.1) is 12.7 Å². The molecule has 0 fully saturated rings. The summed E-state index contributed by atoms with van der Waals surface area (Å²) in [5.74, 6) is 0.702. The minimum atomic E-state index is -0.0106. The highest BCUT2D eigenvalue weighted by Gasteiger charge is 2.06. The van der Waals surface area contributed by atoms with Crippen molar-refractivity contribution in [1.29, 1.82) is 5.26 Å². The van der Waals surface area contributed by atoms with Crippen LogP contribution in [-0.2, 0) is 0 Å². The van der Waals surface area contributed by atoms with Crippen LogP contribution in [-0.4, -0.2) is 12.4 Å². The van der Waals surface area contributed by atoms with Crippen molar-refractivity contribution in [3.05, 3.63) is 29.8 Å². The van der Waals surface area contributed by atoms with E-state index in [1.165, 1.54) is 0 Å². The van der Waals surface area contributed by atoms with Crippen LogP contribution < -0.4 is 4.74 Å². The average Bonchev–Trinajstić information content (AvgIpc) is 2.33. The molecule has 1 aromatic carbocycles. The van der Waals surface area contributed by atoms with E-state index in [9.17, 15) is 4.79 Å². The summed E-state index contributed by atoms with van der Waals surface area (Å²) in [6.07, 6.45) is 1.47. The number of nitriles is 1. The lowest BCUT2D eigenvalue weighted by Crippen LogP contribution is -2.00. The minimum absolute atomic E-state index is 0.0106. The number of carbonyl (C=O) groups is 1. The Morgan fingerprint density at radius 1 is 1.50 bits per heavy atom. The summed E-state index contributed by atoms with van der Waals surface area (Å²) in [6, 6.07) is 9.07. The number of benzene rings is 1. The molecule has 16 heavy (non-hydrogen) atoms. The van der Waals surface area contributed by atoms with E-state index >= 15 is 0 Å². The summed E-state index contributed by atoms with van der Waals surface area (Å²) < 4.78 is 5.43. The molecule has 0 aliphatic rings. The van der Waals surface area contributed by atoms with E-state index in [1.807, 2.05) is 19.1 Å². The van der Waals surface area contributed by atoms with Crippen LogP contribution in [0.2, 0.25) is 0 Å². The fraction of sp³-hybridized carbons (Fsp3) is 0.385. The van der Waals surface area contributed by atoms with Gasteiger partial charge >= 0.3 is 0 Å². The van der Waals surface area contributed by atoms with Gasteiger partial charge in [-0.3, -0.25) is 4.79 Å². The Morgan fingerprint density at radius 3 is 3.00 bits per heavy atom. The molecule has 0 radical (unpaired) electrons. The number of nitrogens with zero attached hydrogens (tertiary/aromatic N) is 1. The molecular weight excluding hydrogens is 202 g/mol. The Labute approximate surface area is 95.7 Å². The van der Waals surface area contributed by atoms with Crippen LogP contribution in [0.5, 0.6) is 5.75 Å². The zero-order valence-electron chi connectivity index (χ0n) is 9.40. The Kier molecular flexibility index (Phi) is 5.07. The van der Waals surface area contributed by atoms with Gasteiger partial charge in [0.1, 0.15) is 5.75 Å². The van der Waals surface area contributed by atoms with E-state index in [0.717, 1.165) is 6.42 Å². The van der Waals surface area contributed by atoms with Gasteiger partial charge in [0.25, 0.3) is 0 Å². The van der Waals surface area contributed by atoms with E-state index in [0.29, 0.717) is 17.9 Å². The maximum atomic E-state index is 11.6. The SMILES string of the molecule is CCCOc1cccc(C(=O)CCC#N)c1. The molecule has 0 saturated carbocycles. The average molecular weight is 217 g/mol. The van der Waals surface area contributed by atoms with Crippen molar-refractivity contribution in [2.75, 3.05) is 6.61 Å². The number of carbonyl (C=O) groups excluding carboxylic acids is 1. The second-order valence-corrected chi connectivity index (χ2v) is 3.46. The van der Waals surface area contributed by atoms with Crippen molar-refractivity contribution in [2.45, 2.75) is 26.2 Å². The first kappa shape index (κ1) is 12.3. The number of hydrogen-bond acceptors (Lipinski definition) is 3. The van der Waals surface area contributed by atoms with Crippen LogP contribution in [0.3, 0.4) is 0 Å². The van der Waals surface area contributed by atoms with Crippen LogP contribution in [0.4, 0.5) is 0 Å². The lowest BCUT2D eigenvalue weighted by molar-refractivity contribution is 0.0983. The Hall–Kier alpha value is -1.82. The smallest absolute Gasteiger partial charge is 0.164 e. The van der Waals surface area contributed by atoms with E-state index in [4.69, 9.17) is 10.00 Å². The third-order valence-electron chi connectivity index (χ3n) is 2.09. The van der Waals surface area contributed by atoms with Crippen LogP contribution in [0.15, 0.2) is 24.3 Å². The van der Waals surface area contributed by atoms with Crippen molar-refractivity contribution >= 4 is 5.78 Å². The first-order chi connectivity index (χ1) is 7.77. The summed E-state index contributed by atoms with van der Waals surface area (Å²) in [5, 5.41) is 8.41. The fourth-order valence-corrected chi connectivity index (χ4v) is 1.29. The predicted molar refractivity (Wildman–Crippen MR) is 61.4 cm³/mol. The van der Waals surface area contributed by atoms with E-state index in [1.54, 1.807) is 18.2 Å². The maximum Gasteiger partial charge on any atom is 0.164 e. The largest absolute Gasteiger partial charge is 0.494 e. The lowest BCUT2D eigenvalue weighted by Gasteiger charge is -2.05. The summed E-state index contributed by atoms with van der Waals surface area (Å²) in [6.45, 7) is 2.68. The van der Waals surface area contributed by atoms with Gasteiger partial charge in [-0.1, -0.05) is 19.1 Å². The molecule has 0 heterocycles. The topological polar surface area (TPSA) is 50.1 Å². The summed E-state index contributed by atoms with van der Waals surface area (Å²) in [7, 11) is 0. The first-order valence-electron chi connectivity index (χ1n) is 5.41. The first-order valence-corrected chi connectivity index (χ1v) is 5.41. The molecule has 0 aliphatic carbocycles. The van der Waals surface area contributed by atoms with Crippen LogP contribution in [0.25, 0.3) is 0 Å². The molecule has 84 valence electrons. The predicted octanol–water partition coefficient (Wildman–Crippen LogP) is 2.96. The van der Waals surface area contributed by atoms with Gasteiger partial charge in [-0.05, 0) is 18.6 Å². The van der Waals surface area contributed by atoms with Crippen molar-refractivity contribution in [3.63, 3.8) is 0 Å². The van der Waals surface area contributed by atoms with Gasteiger partial charge < -0.3 is 4.74 Å². The third kappa shape index (κ3) is 3.74. The molecule has 0 amide bonds. The molecule has 0 aromatic heterocycles. The van der Waals surface area contributed by atoms with Gasteiger partial charge in [0, 0.05) is 18.4 Å². The highest BCUT2D eigenvalue weighted by molar-refractivity contribution is 5.96. The zero-order valence-corrected chi connectivity index (χ0v) is 9.40. The number of rotatable bonds is 6. The Morgan fingerprint density at radius 2 is 2.31 bits per heavy atom. The van der Waals surface area contributed by atoms with E-state index in [2.05, 4.69) is 0 Å². The number of hydrogen-bond donors (Lipinski definition) is 0. The summed E-state index contributed by atoms with van der Waals surface area (Å²) in [5.41, 5.74) is 0.615. The zero-order chi connectivity index (χ0) is 11.8. The van der Waals surface area contributed by atoms with Crippen molar-refractivity contribution in [1.82, 2.24) is 0 Å². The lowest BCUT2D eigenvalue weighted by atomic mass is 10.1. The van der Waals surface area contributed by atoms with Gasteiger partial charge in [-0.2, -0.15) is 5.26 Å². The monoisotopic (exact) mass is 217 g/mol. The molecule has 1 rings (SSSR count). The Bertz CT molecular complexity index is 393. The molecule has 0 bridgehead atoms. The van der Waals surface area contributed by atoms with Crippen molar-refractivity contribution in [2.24, 2.45) is 0 Å². The van der Waals surface area contributed by atoms with Gasteiger partial charge in [0.2, 0.25) is 0 Å². The third-order valence-corrected chi connectivity index (χ3v) is 2.09. The molecule has 0 unspecified atom stereocenters. The van der Waals surface area contributed by atoms with Crippen LogP contribution in [0.1, 0.15) is 36.5 Å². The van der Waals surface area contributed by atoms with E-state index in [-0.39, 0.29) is 18.6 Å². The number of ether oxygens (including phenoxy) is 1. The van der Waals surface area contributed by atoms with Crippen molar-refractivity contribution < 1.29 is 9.53 Å². The number of ketones is 1. The van der Waals surface area contributed by atoms with Crippen LogP contribution >= 0.6 is 0 Å². The highest BCUT2D eigenvalue weighted by atomic mass is 16.5. The quantitative estimate of drug-likeness (QED) is 0.688. The molecule has 3 heteroatoms. The van der Waals surface area contributed by atoms with Crippen molar-refractivity contribution in [3.8, 4) is 11.8 Å². The second kappa shape index (κ2) is 6.62. The molecule has 3 nitrogen and oxygen atoms in total. The summed E-state index contributed by atoms with van der Waals surface area (Å²) in [4.78, 5) is 11.6. The van der Waals surface area contributed by atoms with Crippen LogP contribution in [0, 0.1) is 11.3 Å². The highest BCUT2D eigenvalue weighted by Crippen LogP contribution is 2.15. The minimum Gasteiger partial charge on any atom is -0.494 e.